The van der Waals surface area contributed by atoms with Crippen LogP contribution in [0.2, 0.25) is 0 Å². The first-order valence-electron chi connectivity index (χ1n) is 14.7. The van der Waals surface area contributed by atoms with Gasteiger partial charge in [-0.25, -0.2) is 9.50 Å². The van der Waals surface area contributed by atoms with Crippen LogP contribution in [-0.2, 0) is 11.3 Å². The minimum absolute atomic E-state index is 0.285. The molecule has 6 aromatic rings. The number of piperidine rings is 1. The van der Waals surface area contributed by atoms with E-state index in [1.54, 1.807) is 0 Å². The Kier molecular flexibility index (Phi) is 7.39. The summed E-state index contributed by atoms with van der Waals surface area (Å²) in [5.74, 6) is 0.826. The van der Waals surface area contributed by atoms with Crippen LogP contribution in [-0.4, -0.2) is 42.9 Å². The summed E-state index contributed by atoms with van der Waals surface area (Å²) in [6, 6.07) is 27.1. The third-order valence-electron chi connectivity index (χ3n) is 8.12. The highest BCUT2D eigenvalue weighted by Crippen LogP contribution is 2.33. The van der Waals surface area contributed by atoms with Gasteiger partial charge >= 0.3 is 6.01 Å². The van der Waals surface area contributed by atoms with Crippen LogP contribution in [0.15, 0.2) is 95.7 Å². The Morgan fingerprint density at radius 2 is 1.67 bits per heavy atom. The van der Waals surface area contributed by atoms with Crippen LogP contribution in [0.1, 0.15) is 54.6 Å². The quantitative estimate of drug-likeness (QED) is 0.197. The van der Waals surface area contributed by atoms with E-state index in [0.29, 0.717) is 24.4 Å². The van der Waals surface area contributed by atoms with E-state index in [0.717, 1.165) is 70.9 Å². The zero-order chi connectivity index (χ0) is 29.2. The Balaban J connectivity index is 1.03. The van der Waals surface area contributed by atoms with Crippen LogP contribution >= 0.6 is 0 Å². The maximum Gasteiger partial charge on any atom is 0.318 e. The molecule has 0 N–H and O–H groups in total. The van der Waals surface area contributed by atoms with E-state index in [1.807, 2.05) is 72.4 Å². The molecule has 0 saturated carbocycles. The fraction of sp³-hybridized carbons (Fsp3) is 0.265. The average Bonchev–Trinajstić information content (AvgIpc) is 3.73. The molecule has 1 aliphatic heterocycles. The van der Waals surface area contributed by atoms with Gasteiger partial charge in [0.15, 0.2) is 5.65 Å². The molecule has 1 unspecified atom stereocenters. The molecule has 7 rings (SSSR count). The Morgan fingerprint density at radius 3 is 2.42 bits per heavy atom. The number of fused-ring (bicyclic) bond motifs is 1. The smallest absolute Gasteiger partial charge is 0.318 e. The summed E-state index contributed by atoms with van der Waals surface area (Å²) in [5, 5.41) is 13.2. The highest BCUT2D eigenvalue weighted by Gasteiger charge is 2.27. The molecule has 0 aliphatic carbocycles. The number of rotatable bonds is 8. The number of aromatic nitrogens is 6. The molecule has 1 fully saturated rings. The Labute approximate surface area is 250 Å². The van der Waals surface area contributed by atoms with E-state index in [4.69, 9.17) is 19.1 Å². The van der Waals surface area contributed by atoms with Crippen LogP contribution in [0, 0.1) is 6.92 Å². The van der Waals surface area contributed by atoms with Crippen LogP contribution in [0.4, 0.5) is 6.01 Å². The second-order valence-corrected chi connectivity index (χ2v) is 11.0. The number of hydrogen-bond donors (Lipinski definition) is 0. The molecule has 1 saturated heterocycles. The maximum absolute atomic E-state index is 6.03. The average molecular weight is 572 g/mol. The summed E-state index contributed by atoms with van der Waals surface area (Å²) in [6.45, 7) is 6.15. The van der Waals surface area contributed by atoms with E-state index in [1.165, 1.54) is 0 Å². The van der Waals surface area contributed by atoms with Crippen LogP contribution < -0.4 is 4.90 Å². The summed E-state index contributed by atoms with van der Waals surface area (Å²) >= 11 is 0. The summed E-state index contributed by atoms with van der Waals surface area (Å²) in [7, 11) is 0. The van der Waals surface area contributed by atoms with Gasteiger partial charge in [-0.15, -0.1) is 5.10 Å². The van der Waals surface area contributed by atoms with Crippen LogP contribution in [0.25, 0.3) is 28.0 Å². The molecule has 4 aromatic heterocycles. The second-order valence-electron chi connectivity index (χ2n) is 11.0. The van der Waals surface area contributed by atoms with E-state index < -0.39 is 0 Å². The van der Waals surface area contributed by atoms with Crippen molar-refractivity contribution < 1.29 is 9.15 Å². The largest absolute Gasteiger partial charge is 0.405 e. The fourth-order valence-corrected chi connectivity index (χ4v) is 5.63. The molecule has 2 aromatic carbocycles. The minimum atomic E-state index is -0.285. The Bertz CT molecular complexity index is 1810. The fourth-order valence-electron chi connectivity index (χ4n) is 5.63. The zero-order valence-electron chi connectivity index (χ0n) is 24.3. The van der Waals surface area contributed by atoms with Crippen LogP contribution in [0.3, 0.4) is 0 Å². The van der Waals surface area contributed by atoms with Gasteiger partial charge in [-0.2, -0.15) is 5.10 Å². The lowest BCUT2D eigenvalue weighted by atomic mass is 9.93. The van der Waals surface area contributed by atoms with Crippen molar-refractivity contribution in [3.8, 4) is 22.4 Å². The molecule has 1 aliphatic rings. The van der Waals surface area contributed by atoms with E-state index in [2.05, 4.69) is 57.5 Å². The number of aryl methyl sites for hydroxylation is 1. The third kappa shape index (κ3) is 5.63. The zero-order valence-corrected chi connectivity index (χ0v) is 24.3. The van der Waals surface area contributed by atoms with Crippen molar-refractivity contribution in [1.82, 2.24) is 29.8 Å². The van der Waals surface area contributed by atoms with Crippen molar-refractivity contribution in [2.45, 2.75) is 45.3 Å². The van der Waals surface area contributed by atoms with Crippen molar-refractivity contribution in [3.63, 3.8) is 0 Å². The molecule has 216 valence electrons. The molecule has 9 nitrogen and oxygen atoms in total. The van der Waals surface area contributed by atoms with Gasteiger partial charge in [-0.05, 0) is 44.4 Å². The van der Waals surface area contributed by atoms with Crippen molar-refractivity contribution >= 4 is 11.7 Å². The molecule has 0 spiro atoms. The first kappa shape index (κ1) is 27.0. The molecular formula is C34H33N7O2. The van der Waals surface area contributed by atoms with Gasteiger partial charge in [0.25, 0.3) is 0 Å². The van der Waals surface area contributed by atoms with Crippen molar-refractivity contribution in [2.24, 2.45) is 0 Å². The van der Waals surface area contributed by atoms with Gasteiger partial charge in [0.2, 0.25) is 5.89 Å². The number of anilines is 1. The van der Waals surface area contributed by atoms with E-state index in [9.17, 15) is 0 Å². The molecule has 9 heteroatoms. The number of benzene rings is 2. The highest BCUT2D eigenvalue weighted by atomic mass is 16.5. The van der Waals surface area contributed by atoms with Gasteiger partial charge in [0.1, 0.15) is 6.10 Å². The molecule has 43 heavy (non-hydrogen) atoms. The summed E-state index contributed by atoms with van der Waals surface area (Å²) < 4.78 is 13.9. The predicted octanol–water partition coefficient (Wildman–Crippen LogP) is 6.81. The monoisotopic (exact) mass is 571 g/mol. The highest BCUT2D eigenvalue weighted by molar-refractivity contribution is 5.77. The molecule has 1 atom stereocenters. The molecule has 0 amide bonds. The van der Waals surface area contributed by atoms with E-state index >= 15 is 0 Å². The topological polar surface area (TPSA) is 94.5 Å². The second kappa shape index (κ2) is 11.8. The minimum Gasteiger partial charge on any atom is -0.405 e. The summed E-state index contributed by atoms with van der Waals surface area (Å²) in [5.41, 5.74) is 8.15. The lowest BCUT2D eigenvalue weighted by molar-refractivity contribution is 0.0347. The van der Waals surface area contributed by atoms with Crippen molar-refractivity contribution in [3.05, 3.63) is 114 Å². The number of hydrogen-bond acceptors (Lipinski definition) is 8. The van der Waals surface area contributed by atoms with Gasteiger partial charge in [-0.3, -0.25) is 4.98 Å². The Hall–Kier alpha value is -4.89. The van der Waals surface area contributed by atoms with Gasteiger partial charge in [-0.1, -0.05) is 71.8 Å². The first-order chi connectivity index (χ1) is 21.1. The number of ether oxygens (including phenoxy) is 1. The van der Waals surface area contributed by atoms with Gasteiger partial charge in [0, 0.05) is 53.3 Å². The number of pyridine rings is 1. The first-order valence-corrected chi connectivity index (χ1v) is 14.7. The standard InChI is InChI=1S/C34H33N7O2/c1-23-19-31(37-32-29(21-36-41(23)32)28-13-14-30(35-20-28)26-11-7-4-8-12-26)27-15-17-40(18-16-27)34-39-38-33(43-34)24(2)42-22-25-9-5-3-6-10-25/h3-14,19-21,24,27H,15-18,22H2,1-2H3. The SMILES string of the molecule is Cc1cc(C2CCN(c3nnc(C(C)OCc4ccccc4)o3)CC2)nc2c(-c3ccc(-c4ccccc4)nc3)cnn12. The summed E-state index contributed by atoms with van der Waals surface area (Å²) in [4.78, 5) is 12.0. The van der Waals surface area contributed by atoms with Crippen LogP contribution in [0.5, 0.6) is 0 Å². The lowest BCUT2D eigenvalue weighted by Crippen LogP contribution is -2.33. The van der Waals surface area contributed by atoms with E-state index in [-0.39, 0.29) is 6.10 Å². The van der Waals surface area contributed by atoms with Crippen molar-refractivity contribution in [1.29, 1.82) is 0 Å². The summed E-state index contributed by atoms with van der Waals surface area (Å²) in [6.07, 6.45) is 5.40. The van der Waals surface area contributed by atoms with Crippen molar-refractivity contribution in [2.75, 3.05) is 18.0 Å². The Morgan fingerprint density at radius 1 is 0.907 bits per heavy atom. The molecule has 0 bridgehead atoms. The molecule has 5 heterocycles. The van der Waals surface area contributed by atoms with Gasteiger partial charge < -0.3 is 14.1 Å². The molecule has 0 radical (unpaired) electrons. The molecular weight excluding hydrogens is 538 g/mol. The number of nitrogens with zero attached hydrogens (tertiary/aromatic N) is 7. The van der Waals surface area contributed by atoms with Gasteiger partial charge in [0.05, 0.1) is 18.5 Å². The predicted molar refractivity (Wildman–Crippen MR) is 165 cm³/mol. The maximum atomic E-state index is 6.03. The third-order valence-corrected chi connectivity index (χ3v) is 8.12. The normalized spacial score (nSPS) is 14.8. The lowest BCUT2D eigenvalue weighted by Gasteiger charge is -2.30.